The maximum Gasteiger partial charge on any atom is 0.540 e. The Morgan fingerprint density at radius 3 is 2.64 bits per heavy atom. The van der Waals surface area contributed by atoms with Crippen LogP contribution in [0.5, 0.6) is 5.75 Å². The number of hydrogen-bond donors (Lipinski definition) is 0. The standard InChI is InChI=1S/C8H3F4O2/c9-7(10)5-3-1-2-4-6(5)13-8(11,12)14-7/h1-2,4H. The first-order chi connectivity index (χ1) is 6.41. The lowest BCUT2D eigenvalue weighted by molar-refractivity contribution is -0.461. The van der Waals surface area contributed by atoms with Gasteiger partial charge in [0.1, 0.15) is 11.3 Å². The molecule has 0 unspecified atom stereocenters. The molecule has 0 N–H and O–H groups in total. The first-order valence-electron chi connectivity index (χ1n) is 3.57. The van der Waals surface area contributed by atoms with Crippen LogP contribution < -0.4 is 4.74 Å². The smallest absolute Gasteiger partial charge is 0.409 e. The molecule has 1 aliphatic rings. The molecule has 0 aromatic heterocycles. The van der Waals surface area contributed by atoms with Gasteiger partial charge in [0, 0.05) is 0 Å². The first-order valence-corrected chi connectivity index (χ1v) is 3.57. The molecule has 1 heterocycles. The number of halogens is 4. The van der Waals surface area contributed by atoms with Crippen LogP contribution in [0.1, 0.15) is 5.56 Å². The van der Waals surface area contributed by atoms with Crippen molar-refractivity contribution in [3.8, 4) is 5.75 Å². The van der Waals surface area contributed by atoms with Gasteiger partial charge in [0.15, 0.2) is 0 Å². The van der Waals surface area contributed by atoms with E-state index in [2.05, 4.69) is 15.5 Å². The Morgan fingerprint density at radius 2 is 1.93 bits per heavy atom. The van der Waals surface area contributed by atoms with E-state index in [0.29, 0.717) is 0 Å². The molecule has 1 aromatic carbocycles. The number of hydrogen-bond acceptors (Lipinski definition) is 2. The van der Waals surface area contributed by atoms with Crippen LogP contribution in [0, 0.1) is 6.07 Å². The average Bonchev–Trinajstić information content (AvgIpc) is 2.00. The maximum absolute atomic E-state index is 12.9. The van der Waals surface area contributed by atoms with Crippen LogP contribution >= 0.6 is 0 Å². The van der Waals surface area contributed by atoms with E-state index in [4.69, 9.17) is 0 Å². The van der Waals surface area contributed by atoms with Gasteiger partial charge in [-0.05, 0) is 12.1 Å². The number of fused-ring (bicyclic) bond motifs is 1. The summed E-state index contributed by atoms with van der Waals surface area (Å²) in [5, 5.41) is 0. The molecule has 0 fully saturated rings. The molecule has 1 aromatic rings. The number of alkyl halides is 4. The predicted octanol–water partition coefficient (Wildman–Crippen LogP) is 2.50. The fourth-order valence-corrected chi connectivity index (χ4v) is 1.08. The summed E-state index contributed by atoms with van der Waals surface area (Å²) >= 11 is 0. The molecule has 0 aliphatic carbocycles. The third-order valence-corrected chi connectivity index (χ3v) is 1.58. The molecule has 0 spiro atoms. The molecule has 1 aliphatic heterocycles. The zero-order chi connectivity index (χ0) is 10.4. The molecule has 1 radical (unpaired) electrons. The second-order valence-corrected chi connectivity index (χ2v) is 2.59. The van der Waals surface area contributed by atoms with Crippen molar-refractivity contribution in [2.24, 2.45) is 0 Å². The zero-order valence-electron chi connectivity index (χ0n) is 6.56. The highest BCUT2D eigenvalue weighted by Gasteiger charge is 2.54. The Bertz CT molecular complexity index is 364. The van der Waals surface area contributed by atoms with E-state index in [0.717, 1.165) is 12.1 Å². The van der Waals surface area contributed by atoms with Gasteiger partial charge in [0.05, 0.1) is 0 Å². The molecule has 2 rings (SSSR count). The van der Waals surface area contributed by atoms with Crippen molar-refractivity contribution >= 4 is 0 Å². The van der Waals surface area contributed by atoms with E-state index in [1.165, 1.54) is 6.07 Å². The fraction of sp³-hybridized carbons (Fsp3) is 0.250. The molecular formula is C8H3F4O2. The van der Waals surface area contributed by atoms with Crippen molar-refractivity contribution in [3.05, 3.63) is 29.8 Å². The quantitative estimate of drug-likeness (QED) is 0.608. The molecule has 2 nitrogen and oxygen atoms in total. The van der Waals surface area contributed by atoms with Gasteiger partial charge in [-0.1, -0.05) is 12.1 Å². The van der Waals surface area contributed by atoms with Gasteiger partial charge in [0.25, 0.3) is 0 Å². The Balaban J connectivity index is 2.52. The molecule has 0 atom stereocenters. The minimum Gasteiger partial charge on any atom is -0.409 e. The third kappa shape index (κ3) is 1.41. The summed E-state index contributed by atoms with van der Waals surface area (Å²) < 4.78 is 57.7. The van der Waals surface area contributed by atoms with Crippen LogP contribution in [-0.2, 0) is 10.8 Å². The molecule has 0 bridgehead atoms. The second-order valence-electron chi connectivity index (χ2n) is 2.59. The SMILES string of the molecule is FC1(F)Oc2ccc[c]c2C(F)(F)O1. The summed E-state index contributed by atoms with van der Waals surface area (Å²) in [6, 6.07) is 5.50. The normalized spacial score (nSPS) is 22.3. The van der Waals surface area contributed by atoms with Crippen molar-refractivity contribution in [2.45, 2.75) is 12.4 Å². The van der Waals surface area contributed by atoms with Crippen LogP contribution in [-0.4, -0.2) is 6.29 Å². The fourth-order valence-electron chi connectivity index (χ4n) is 1.08. The van der Waals surface area contributed by atoms with E-state index in [1.54, 1.807) is 0 Å². The highest BCUT2D eigenvalue weighted by Crippen LogP contribution is 2.45. The average molecular weight is 207 g/mol. The van der Waals surface area contributed by atoms with Crippen LogP contribution in [0.25, 0.3) is 0 Å². The van der Waals surface area contributed by atoms with E-state index in [-0.39, 0.29) is 0 Å². The van der Waals surface area contributed by atoms with Crippen molar-refractivity contribution in [1.82, 2.24) is 0 Å². The Morgan fingerprint density at radius 1 is 1.21 bits per heavy atom. The number of benzene rings is 1. The Labute approximate surface area is 76.0 Å². The van der Waals surface area contributed by atoms with Crippen molar-refractivity contribution < 1.29 is 27.0 Å². The summed E-state index contributed by atoms with van der Waals surface area (Å²) in [5.74, 6) is -0.631. The minimum absolute atomic E-state index is 0.631. The molecule has 0 amide bonds. The van der Waals surface area contributed by atoms with Crippen molar-refractivity contribution in [3.63, 3.8) is 0 Å². The lowest BCUT2D eigenvalue weighted by atomic mass is 10.2. The molecule has 75 valence electrons. The minimum atomic E-state index is -4.31. The van der Waals surface area contributed by atoms with E-state index in [9.17, 15) is 17.6 Å². The molecule has 14 heavy (non-hydrogen) atoms. The predicted molar refractivity (Wildman–Crippen MR) is 35.8 cm³/mol. The molecule has 0 saturated carbocycles. The van der Waals surface area contributed by atoms with Gasteiger partial charge < -0.3 is 4.74 Å². The molecule has 0 saturated heterocycles. The van der Waals surface area contributed by atoms with E-state index >= 15 is 0 Å². The van der Waals surface area contributed by atoms with Crippen LogP contribution in [0.15, 0.2) is 18.2 Å². The van der Waals surface area contributed by atoms with Crippen molar-refractivity contribution in [2.75, 3.05) is 0 Å². The second kappa shape index (κ2) is 2.60. The van der Waals surface area contributed by atoms with E-state index < -0.39 is 23.7 Å². The Kier molecular flexibility index (Phi) is 1.72. The van der Waals surface area contributed by atoms with Gasteiger partial charge in [-0.15, -0.1) is 8.78 Å². The first kappa shape index (κ1) is 9.26. The zero-order valence-corrected chi connectivity index (χ0v) is 6.56. The summed E-state index contributed by atoms with van der Waals surface area (Å²) in [5.41, 5.74) is -0.828. The summed E-state index contributed by atoms with van der Waals surface area (Å²) in [7, 11) is 0. The van der Waals surface area contributed by atoms with E-state index in [1.807, 2.05) is 0 Å². The molecule has 6 heteroatoms. The largest absolute Gasteiger partial charge is 0.540 e. The monoisotopic (exact) mass is 207 g/mol. The van der Waals surface area contributed by atoms with Crippen molar-refractivity contribution in [1.29, 1.82) is 0 Å². The van der Waals surface area contributed by atoms with Gasteiger partial charge in [-0.25, -0.2) is 4.74 Å². The highest BCUT2D eigenvalue weighted by atomic mass is 19.3. The molecular weight excluding hydrogens is 204 g/mol. The summed E-state index contributed by atoms with van der Waals surface area (Å²) in [6.07, 6.45) is -8.40. The van der Waals surface area contributed by atoms with Gasteiger partial charge in [-0.3, -0.25) is 0 Å². The number of rotatable bonds is 0. The summed E-state index contributed by atoms with van der Waals surface area (Å²) in [4.78, 5) is 0. The van der Waals surface area contributed by atoms with Crippen LogP contribution in [0.2, 0.25) is 0 Å². The number of ether oxygens (including phenoxy) is 2. The highest BCUT2D eigenvalue weighted by molar-refractivity contribution is 5.35. The van der Waals surface area contributed by atoms with Gasteiger partial charge in [0.2, 0.25) is 0 Å². The van der Waals surface area contributed by atoms with Gasteiger partial charge in [-0.2, -0.15) is 8.78 Å². The Hall–Kier alpha value is -1.30. The third-order valence-electron chi connectivity index (χ3n) is 1.58. The maximum atomic E-state index is 12.9. The summed E-state index contributed by atoms with van der Waals surface area (Å²) in [6.45, 7) is 0. The van der Waals surface area contributed by atoms with Crippen LogP contribution in [0.3, 0.4) is 0 Å². The lowest BCUT2D eigenvalue weighted by Gasteiger charge is -2.29. The lowest BCUT2D eigenvalue weighted by Crippen LogP contribution is -2.41. The van der Waals surface area contributed by atoms with Gasteiger partial charge >= 0.3 is 12.4 Å². The van der Waals surface area contributed by atoms with Crippen LogP contribution in [0.4, 0.5) is 17.6 Å². The topological polar surface area (TPSA) is 18.5 Å².